The van der Waals surface area contributed by atoms with E-state index >= 15 is 0 Å². The molecule has 0 bridgehead atoms. The van der Waals surface area contributed by atoms with Crippen LogP contribution in [0, 0.1) is 5.92 Å². The van der Waals surface area contributed by atoms with Gasteiger partial charge >= 0.3 is 0 Å². The van der Waals surface area contributed by atoms with E-state index in [0.29, 0.717) is 17.8 Å². The van der Waals surface area contributed by atoms with Gasteiger partial charge in [0.2, 0.25) is 0 Å². The van der Waals surface area contributed by atoms with E-state index < -0.39 is 0 Å². The number of nitrogens with zero attached hydrogens (tertiary/aromatic N) is 4. The first kappa shape index (κ1) is 14.1. The minimum atomic E-state index is 0.593. The minimum absolute atomic E-state index is 0.593. The number of anilines is 1. The van der Waals surface area contributed by atoms with Gasteiger partial charge in [-0.3, -0.25) is 4.90 Å². The fraction of sp³-hybridized carbons (Fsp3) is 0.500. The van der Waals surface area contributed by atoms with Crippen LogP contribution in [-0.2, 0) is 0 Å². The van der Waals surface area contributed by atoms with Crippen molar-refractivity contribution in [2.24, 2.45) is 5.92 Å². The molecule has 0 aliphatic carbocycles. The summed E-state index contributed by atoms with van der Waals surface area (Å²) in [5.41, 5.74) is 0.967. The number of rotatable bonds is 4. The molecule has 0 amide bonds. The van der Waals surface area contributed by atoms with Gasteiger partial charge in [0, 0.05) is 38.3 Å². The molecule has 5 heteroatoms. The summed E-state index contributed by atoms with van der Waals surface area (Å²) in [4.78, 5) is 9.22. The molecule has 1 aliphatic heterocycles. The van der Waals surface area contributed by atoms with Crippen LogP contribution in [-0.4, -0.2) is 47.8 Å². The molecule has 0 unspecified atom stereocenters. The molecule has 21 heavy (non-hydrogen) atoms. The molecule has 2 aromatic rings. The molecule has 5 nitrogen and oxygen atoms in total. The molecule has 0 atom stereocenters. The molecule has 1 saturated heterocycles. The van der Waals surface area contributed by atoms with Crippen molar-refractivity contribution in [3.05, 3.63) is 30.3 Å². The van der Waals surface area contributed by atoms with Gasteiger partial charge in [-0.2, -0.15) is 4.98 Å². The molecule has 112 valence electrons. The first-order valence-corrected chi connectivity index (χ1v) is 7.59. The van der Waals surface area contributed by atoms with E-state index in [4.69, 9.17) is 4.52 Å². The van der Waals surface area contributed by atoms with E-state index in [2.05, 4.69) is 33.8 Å². The van der Waals surface area contributed by atoms with Crippen LogP contribution in [0.4, 0.5) is 5.95 Å². The molecule has 2 heterocycles. The third kappa shape index (κ3) is 3.42. The SMILES string of the molecule is CC(C)CN1CCN(c2noc(-c3ccccc3)n2)CC1. The van der Waals surface area contributed by atoms with Crippen LogP contribution in [0.15, 0.2) is 34.9 Å². The van der Waals surface area contributed by atoms with Crippen molar-refractivity contribution in [2.45, 2.75) is 13.8 Å². The summed E-state index contributed by atoms with van der Waals surface area (Å²) in [5.74, 6) is 2.01. The van der Waals surface area contributed by atoms with E-state index in [1.165, 1.54) is 0 Å². The summed E-state index contributed by atoms with van der Waals surface area (Å²) in [5, 5.41) is 4.12. The number of piperazine rings is 1. The van der Waals surface area contributed by atoms with E-state index in [1.54, 1.807) is 0 Å². The van der Waals surface area contributed by atoms with Crippen LogP contribution in [0.2, 0.25) is 0 Å². The van der Waals surface area contributed by atoms with Crippen molar-refractivity contribution < 1.29 is 4.52 Å². The maximum atomic E-state index is 5.38. The Morgan fingerprint density at radius 1 is 1.10 bits per heavy atom. The number of aromatic nitrogens is 2. The summed E-state index contributed by atoms with van der Waals surface area (Å²) in [6, 6.07) is 9.90. The van der Waals surface area contributed by atoms with Gasteiger partial charge in [-0.25, -0.2) is 0 Å². The van der Waals surface area contributed by atoms with Gasteiger partial charge in [-0.05, 0) is 23.2 Å². The van der Waals surface area contributed by atoms with Gasteiger partial charge in [0.15, 0.2) is 0 Å². The Balaban J connectivity index is 1.63. The van der Waals surface area contributed by atoms with Crippen LogP contribution in [0.1, 0.15) is 13.8 Å². The molecular formula is C16H22N4O. The lowest BCUT2D eigenvalue weighted by Crippen LogP contribution is -2.47. The Morgan fingerprint density at radius 2 is 1.81 bits per heavy atom. The van der Waals surface area contributed by atoms with Crippen molar-refractivity contribution >= 4 is 5.95 Å². The van der Waals surface area contributed by atoms with Crippen molar-refractivity contribution in [1.29, 1.82) is 0 Å². The molecule has 0 spiro atoms. The monoisotopic (exact) mass is 286 g/mol. The van der Waals surface area contributed by atoms with Gasteiger partial charge in [-0.1, -0.05) is 32.0 Å². The van der Waals surface area contributed by atoms with Crippen molar-refractivity contribution in [3.63, 3.8) is 0 Å². The molecule has 1 fully saturated rings. The highest BCUT2D eigenvalue weighted by Crippen LogP contribution is 2.20. The van der Waals surface area contributed by atoms with Crippen molar-refractivity contribution in [3.8, 4) is 11.5 Å². The summed E-state index contributed by atoms with van der Waals surface area (Å²) >= 11 is 0. The molecule has 0 saturated carbocycles. The lowest BCUT2D eigenvalue weighted by atomic mass is 10.2. The Labute approximate surface area is 125 Å². The molecule has 0 radical (unpaired) electrons. The fourth-order valence-electron chi connectivity index (χ4n) is 2.69. The smallest absolute Gasteiger partial charge is 0.266 e. The lowest BCUT2D eigenvalue weighted by Gasteiger charge is -2.34. The Hall–Kier alpha value is -1.88. The number of benzene rings is 1. The molecule has 3 rings (SSSR count). The van der Waals surface area contributed by atoms with Crippen LogP contribution >= 0.6 is 0 Å². The first-order valence-electron chi connectivity index (χ1n) is 7.59. The van der Waals surface area contributed by atoms with Crippen LogP contribution < -0.4 is 4.90 Å². The maximum Gasteiger partial charge on any atom is 0.266 e. The van der Waals surface area contributed by atoms with E-state index in [0.717, 1.165) is 38.3 Å². The number of hydrogen-bond donors (Lipinski definition) is 0. The second kappa shape index (κ2) is 6.26. The molecule has 0 N–H and O–H groups in total. The normalized spacial score (nSPS) is 16.6. The maximum absolute atomic E-state index is 5.38. The predicted octanol–water partition coefficient (Wildman–Crippen LogP) is 2.51. The Bertz CT molecular complexity index is 559. The zero-order valence-corrected chi connectivity index (χ0v) is 12.7. The van der Waals surface area contributed by atoms with Gasteiger partial charge in [0.05, 0.1) is 0 Å². The summed E-state index contributed by atoms with van der Waals surface area (Å²) in [6.45, 7) is 9.73. The third-order valence-electron chi connectivity index (χ3n) is 3.71. The topological polar surface area (TPSA) is 45.4 Å². The Morgan fingerprint density at radius 3 is 2.48 bits per heavy atom. The third-order valence-corrected chi connectivity index (χ3v) is 3.71. The summed E-state index contributed by atoms with van der Waals surface area (Å²) < 4.78 is 5.38. The van der Waals surface area contributed by atoms with Crippen molar-refractivity contribution in [1.82, 2.24) is 15.0 Å². The van der Waals surface area contributed by atoms with Gasteiger partial charge in [0.25, 0.3) is 11.8 Å². The zero-order chi connectivity index (χ0) is 14.7. The van der Waals surface area contributed by atoms with Crippen LogP contribution in [0.25, 0.3) is 11.5 Å². The van der Waals surface area contributed by atoms with Crippen LogP contribution in [0.3, 0.4) is 0 Å². The largest absolute Gasteiger partial charge is 0.336 e. The highest BCUT2D eigenvalue weighted by atomic mass is 16.5. The Kier molecular flexibility index (Phi) is 4.20. The predicted molar refractivity (Wildman–Crippen MR) is 83.2 cm³/mol. The quantitative estimate of drug-likeness (QED) is 0.864. The van der Waals surface area contributed by atoms with E-state index in [9.17, 15) is 0 Å². The highest BCUT2D eigenvalue weighted by molar-refractivity contribution is 5.54. The van der Waals surface area contributed by atoms with E-state index in [-0.39, 0.29) is 0 Å². The molecular weight excluding hydrogens is 264 g/mol. The number of hydrogen-bond acceptors (Lipinski definition) is 5. The lowest BCUT2D eigenvalue weighted by molar-refractivity contribution is 0.230. The van der Waals surface area contributed by atoms with E-state index in [1.807, 2.05) is 30.3 Å². The highest BCUT2D eigenvalue weighted by Gasteiger charge is 2.21. The summed E-state index contributed by atoms with van der Waals surface area (Å²) in [7, 11) is 0. The van der Waals surface area contributed by atoms with Crippen LogP contribution in [0.5, 0.6) is 0 Å². The molecule has 1 aromatic carbocycles. The van der Waals surface area contributed by atoms with Gasteiger partial charge in [0.1, 0.15) is 0 Å². The summed E-state index contributed by atoms with van der Waals surface area (Å²) in [6.07, 6.45) is 0. The molecule has 1 aliphatic rings. The standard InChI is InChI=1S/C16H22N4O/c1-13(2)12-19-8-10-20(11-9-19)16-17-15(21-18-16)14-6-4-3-5-7-14/h3-7,13H,8-12H2,1-2H3. The second-order valence-corrected chi connectivity index (χ2v) is 5.95. The fourth-order valence-corrected chi connectivity index (χ4v) is 2.69. The van der Waals surface area contributed by atoms with Gasteiger partial charge in [-0.15, -0.1) is 0 Å². The zero-order valence-electron chi connectivity index (χ0n) is 12.7. The van der Waals surface area contributed by atoms with Gasteiger partial charge < -0.3 is 9.42 Å². The average Bonchev–Trinajstić information content (AvgIpc) is 2.98. The average molecular weight is 286 g/mol. The minimum Gasteiger partial charge on any atom is -0.336 e. The van der Waals surface area contributed by atoms with Crippen molar-refractivity contribution in [2.75, 3.05) is 37.6 Å². The second-order valence-electron chi connectivity index (χ2n) is 5.95. The molecule has 1 aromatic heterocycles. The first-order chi connectivity index (χ1) is 10.2.